The van der Waals surface area contributed by atoms with E-state index in [1.165, 1.54) is 22.5 Å². The summed E-state index contributed by atoms with van der Waals surface area (Å²) in [6, 6.07) is 19.4. The van der Waals surface area contributed by atoms with Gasteiger partial charge in [0.2, 0.25) is 0 Å². The standard InChI is InChI=1S/C19H12N4OS.C6H4/c1-2-13-8-11-25-17(13)16-18(23-10-9-20-12-15(23)21-16)22-19(24)14-6-4-3-5-7-14;1-2-5-4-6(5)3-1/h1,3-12H,(H,22,24);1-4H. The summed E-state index contributed by atoms with van der Waals surface area (Å²) >= 11 is 1.49. The number of terminal acetylenes is 1. The maximum atomic E-state index is 12.6. The molecular formula is C25H16N4OS. The topological polar surface area (TPSA) is 59.3 Å². The fourth-order valence-electron chi connectivity index (χ4n) is 3.24. The summed E-state index contributed by atoms with van der Waals surface area (Å²) in [6.07, 6.45) is 10.6. The first-order chi connectivity index (χ1) is 15.2. The molecular weight excluding hydrogens is 404 g/mol. The van der Waals surface area contributed by atoms with Crippen LogP contribution in [-0.4, -0.2) is 20.3 Å². The zero-order valence-corrected chi connectivity index (χ0v) is 17.1. The first-order valence-corrected chi connectivity index (χ1v) is 10.5. The quantitative estimate of drug-likeness (QED) is 0.392. The molecule has 0 fully saturated rings. The molecule has 1 N–H and O–H groups in total. The van der Waals surface area contributed by atoms with Crippen molar-refractivity contribution in [2.45, 2.75) is 0 Å². The Morgan fingerprint density at radius 3 is 2.55 bits per heavy atom. The summed E-state index contributed by atoms with van der Waals surface area (Å²) in [6.45, 7) is 0. The van der Waals surface area contributed by atoms with Gasteiger partial charge < -0.3 is 5.32 Å². The van der Waals surface area contributed by atoms with Crippen LogP contribution in [0.4, 0.5) is 5.82 Å². The number of nitrogens with one attached hydrogen (secondary N) is 1. The highest BCUT2D eigenvalue weighted by Gasteiger charge is 2.20. The van der Waals surface area contributed by atoms with Gasteiger partial charge in [0.25, 0.3) is 5.91 Å². The van der Waals surface area contributed by atoms with E-state index in [1.807, 2.05) is 29.6 Å². The Balaban J connectivity index is 0.000000289. The van der Waals surface area contributed by atoms with E-state index in [2.05, 4.69) is 45.5 Å². The third-order valence-corrected chi connectivity index (χ3v) is 5.77. The van der Waals surface area contributed by atoms with Gasteiger partial charge in [0.15, 0.2) is 5.65 Å². The average Bonchev–Trinajstić information content (AvgIpc) is 3.19. The molecule has 0 atom stereocenters. The Kier molecular flexibility index (Phi) is 4.79. The van der Waals surface area contributed by atoms with Crippen molar-refractivity contribution in [2.75, 3.05) is 5.32 Å². The SMILES string of the molecule is C#Cc1ccsc1-c1nc2cnccn2c1NC(=O)c1ccccc1.c1cc2cc-2c1. The van der Waals surface area contributed by atoms with Crippen LogP contribution < -0.4 is 5.32 Å². The third kappa shape index (κ3) is 3.70. The Morgan fingerprint density at radius 1 is 1.06 bits per heavy atom. The van der Waals surface area contributed by atoms with Crippen molar-refractivity contribution < 1.29 is 4.79 Å². The van der Waals surface area contributed by atoms with Gasteiger partial charge in [0, 0.05) is 23.5 Å². The highest BCUT2D eigenvalue weighted by molar-refractivity contribution is 7.13. The number of carbonyl (C=O) groups excluding carboxylic acids is 1. The van der Waals surface area contributed by atoms with E-state index in [1.54, 1.807) is 35.1 Å². The second-order valence-corrected chi connectivity index (χ2v) is 7.74. The van der Waals surface area contributed by atoms with E-state index in [0.29, 0.717) is 22.7 Å². The number of anilines is 1. The van der Waals surface area contributed by atoms with Crippen LogP contribution in [0, 0.1) is 12.3 Å². The molecule has 5 nitrogen and oxygen atoms in total. The maximum Gasteiger partial charge on any atom is 0.256 e. The molecule has 1 aromatic carbocycles. The molecule has 0 saturated heterocycles. The molecule has 6 heteroatoms. The van der Waals surface area contributed by atoms with Crippen molar-refractivity contribution in [1.82, 2.24) is 14.4 Å². The Morgan fingerprint density at radius 2 is 1.87 bits per heavy atom. The summed E-state index contributed by atoms with van der Waals surface area (Å²) in [4.78, 5) is 22.2. The van der Waals surface area contributed by atoms with Crippen LogP contribution in [0.2, 0.25) is 0 Å². The van der Waals surface area contributed by atoms with Crippen LogP contribution >= 0.6 is 11.3 Å². The second-order valence-electron chi connectivity index (χ2n) is 6.82. The molecule has 0 unspecified atom stereocenters. The van der Waals surface area contributed by atoms with Crippen molar-refractivity contribution in [3.05, 3.63) is 95.8 Å². The lowest BCUT2D eigenvalue weighted by Crippen LogP contribution is -2.13. The predicted molar refractivity (Wildman–Crippen MR) is 124 cm³/mol. The molecule has 2 aliphatic rings. The number of thiophene rings is 1. The largest absolute Gasteiger partial charge is 0.306 e. The van der Waals surface area contributed by atoms with E-state index >= 15 is 0 Å². The van der Waals surface area contributed by atoms with Gasteiger partial charge in [-0.05, 0) is 40.8 Å². The minimum Gasteiger partial charge on any atom is -0.306 e. The van der Waals surface area contributed by atoms with E-state index in [9.17, 15) is 4.79 Å². The van der Waals surface area contributed by atoms with Crippen LogP contribution in [0.5, 0.6) is 0 Å². The number of nitrogens with zero attached hydrogens (tertiary/aromatic N) is 3. The van der Waals surface area contributed by atoms with E-state index < -0.39 is 0 Å². The summed E-state index contributed by atoms with van der Waals surface area (Å²) in [5.74, 6) is 3.03. The Bertz CT molecular complexity index is 1430. The lowest BCUT2D eigenvalue weighted by atomic mass is 10.2. The smallest absolute Gasteiger partial charge is 0.256 e. The number of amides is 1. The molecule has 0 saturated carbocycles. The summed E-state index contributed by atoms with van der Waals surface area (Å²) < 4.78 is 1.79. The van der Waals surface area contributed by atoms with Gasteiger partial charge in [-0.15, -0.1) is 17.8 Å². The molecule has 0 radical (unpaired) electrons. The van der Waals surface area contributed by atoms with Crippen LogP contribution in [0.3, 0.4) is 0 Å². The zero-order chi connectivity index (χ0) is 21.2. The van der Waals surface area contributed by atoms with Crippen LogP contribution in [0.25, 0.3) is 27.3 Å². The van der Waals surface area contributed by atoms with Gasteiger partial charge in [-0.1, -0.05) is 42.3 Å². The van der Waals surface area contributed by atoms with Gasteiger partial charge in [0.1, 0.15) is 11.5 Å². The number of hydrogen-bond acceptors (Lipinski definition) is 4. The summed E-state index contributed by atoms with van der Waals surface area (Å²) in [5, 5.41) is 4.87. The van der Waals surface area contributed by atoms with E-state index in [4.69, 9.17) is 6.42 Å². The van der Waals surface area contributed by atoms with Crippen LogP contribution in [-0.2, 0) is 0 Å². The molecule has 31 heavy (non-hydrogen) atoms. The number of aromatic nitrogens is 3. The number of imidazole rings is 1. The van der Waals surface area contributed by atoms with Crippen LogP contribution in [0.15, 0.2) is 84.6 Å². The number of rotatable bonds is 3. The number of carbonyl (C=O) groups is 1. The minimum atomic E-state index is -0.209. The Hall–Kier alpha value is -4.21. The lowest BCUT2D eigenvalue weighted by Gasteiger charge is -2.07. The number of fused-ring (bicyclic) bond motifs is 2. The summed E-state index contributed by atoms with van der Waals surface area (Å²) in [5.41, 5.74) is 5.44. The van der Waals surface area contributed by atoms with Crippen molar-refractivity contribution in [3.63, 3.8) is 0 Å². The van der Waals surface area contributed by atoms with Crippen molar-refractivity contribution in [3.8, 4) is 34.0 Å². The molecule has 148 valence electrons. The zero-order valence-electron chi connectivity index (χ0n) is 16.3. The molecule has 3 heterocycles. The lowest BCUT2D eigenvalue weighted by molar-refractivity contribution is 0.102. The fraction of sp³-hybridized carbons (Fsp3) is 0. The predicted octanol–water partition coefficient (Wildman–Crippen LogP) is 5.36. The highest BCUT2D eigenvalue weighted by atomic mass is 32.1. The molecule has 0 aliphatic heterocycles. The molecule has 1 amide bonds. The van der Waals surface area contributed by atoms with Gasteiger partial charge in [-0.3, -0.25) is 14.2 Å². The molecule has 4 aromatic rings. The molecule has 3 aromatic heterocycles. The maximum absolute atomic E-state index is 12.6. The Labute approximate surface area is 183 Å². The minimum absolute atomic E-state index is 0.209. The molecule has 0 spiro atoms. The molecule has 0 bridgehead atoms. The van der Waals surface area contributed by atoms with Gasteiger partial charge >= 0.3 is 0 Å². The number of hydrogen-bond donors (Lipinski definition) is 1. The first kappa shape index (κ1) is 18.8. The van der Waals surface area contributed by atoms with Gasteiger partial charge in [0.05, 0.1) is 11.1 Å². The van der Waals surface area contributed by atoms with Gasteiger partial charge in [-0.25, -0.2) is 4.98 Å². The average molecular weight is 420 g/mol. The van der Waals surface area contributed by atoms with E-state index in [0.717, 1.165) is 10.4 Å². The van der Waals surface area contributed by atoms with Crippen molar-refractivity contribution in [1.29, 1.82) is 0 Å². The van der Waals surface area contributed by atoms with Crippen molar-refractivity contribution in [2.24, 2.45) is 0 Å². The third-order valence-electron chi connectivity index (χ3n) is 4.85. The first-order valence-electron chi connectivity index (χ1n) is 9.58. The van der Waals surface area contributed by atoms with E-state index in [-0.39, 0.29) is 5.91 Å². The molecule has 2 aliphatic carbocycles. The molecule has 6 rings (SSSR count). The highest BCUT2D eigenvalue weighted by Crippen LogP contribution is 2.35. The normalized spacial score (nSPS) is 10.7. The summed E-state index contributed by atoms with van der Waals surface area (Å²) in [7, 11) is 0. The van der Waals surface area contributed by atoms with Crippen molar-refractivity contribution >= 4 is 28.7 Å². The second kappa shape index (κ2) is 7.90. The van der Waals surface area contributed by atoms with Crippen LogP contribution in [0.1, 0.15) is 15.9 Å². The van der Waals surface area contributed by atoms with Gasteiger partial charge in [-0.2, -0.15) is 0 Å². The monoisotopic (exact) mass is 420 g/mol. The fourth-order valence-corrected chi connectivity index (χ4v) is 4.08. The number of benzene rings is 2.